The minimum atomic E-state index is -3.65. The Bertz CT molecular complexity index is 1110. The van der Waals surface area contributed by atoms with E-state index in [0.29, 0.717) is 24.5 Å². The van der Waals surface area contributed by atoms with E-state index in [4.69, 9.17) is 0 Å². The number of rotatable bonds is 1. The van der Waals surface area contributed by atoms with Gasteiger partial charge in [0.2, 0.25) is 5.91 Å². The lowest BCUT2D eigenvalue weighted by molar-refractivity contribution is -0.123. The molecule has 2 aromatic rings. The van der Waals surface area contributed by atoms with E-state index < -0.39 is 10.0 Å². The van der Waals surface area contributed by atoms with Crippen molar-refractivity contribution in [3.8, 4) is 0 Å². The SMILES string of the molecule is O=C(C1CCCN(C2=NS(=O)(=O)c3ccccc32)C1)N1CCCc2ccccc21. The molecule has 5 rings (SSSR count). The highest BCUT2D eigenvalue weighted by Gasteiger charge is 2.37. The number of para-hydroxylation sites is 1. The molecule has 0 spiro atoms. The normalized spacial score (nSPS) is 22.6. The van der Waals surface area contributed by atoms with Crippen LogP contribution in [0.5, 0.6) is 0 Å². The third-order valence-corrected chi connectivity index (χ3v) is 7.38. The molecule has 0 N–H and O–H groups in total. The highest BCUT2D eigenvalue weighted by Crippen LogP contribution is 2.32. The molecule has 2 aromatic carbocycles. The third kappa shape index (κ3) is 3.13. The van der Waals surface area contributed by atoms with Gasteiger partial charge in [-0.05, 0) is 49.4 Å². The number of piperidine rings is 1. The Kier molecular flexibility index (Phi) is 4.42. The number of fused-ring (bicyclic) bond motifs is 2. The molecule has 150 valence electrons. The van der Waals surface area contributed by atoms with Crippen molar-refractivity contribution in [2.75, 3.05) is 24.5 Å². The zero-order valence-corrected chi connectivity index (χ0v) is 16.9. The van der Waals surface area contributed by atoms with Crippen molar-refractivity contribution in [2.24, 2.45) is 10.3 Å². The lowest BCUT2D eigenvalue weighted by Crippen LogP contribution is -2.48. The molecule has 3 aliphatic rings. The number of aryl methyl sites for hydroxylation is 1. The van der Waals surface area contributed by atoms with Crippen LogP contribution >= 0.6 is 0 Å². The van der Waals surface area contributed by atoms with E-state index in [2.05, 4.69) is 10.5 Å². The summed E-state index contributed by atoms with van der Waals surface area (Å²) in [4.78, 5) is 17.6. The topological polar surface area (TPSA) is 70.0 Å². The molecule has 0 aliphatic carbocycles. The summed E-state index contributed by atoms with van der Waals surface area (Å²) in [6, 6.07) is 15.0. The van der Waals surface area contributed by atoms with E-state index in [1.807, 2.05) is 34.1 Å². The first kappa shape index (κ1) is 18.4. The minimum absolute atomic E-state index is 0.136. The van der Waals surface area contributed by atoms with Gasteiger partial charge in [0, 0.05) is 30.9 Å². The second-order valence-corrected chi connectivity index (χ2v) is 9.47. The number of likely N-dealkylation sites (tertiary alicyclic amines) is 1. The fraction of sp³-hybridized carbons (Fsp3) is 0.364. The molecule has 1 amide bonds. The Morgan fingerprint density at radius 1 is 1.00 bits per heavy atom. The zero-order valence-electron chi connectivity index (χ0n) is 16.1. The molecule has 0 bridgehead atoms. The Hall–Kier alpha value is -2.67. The largest absolute Gasteiger partial charge is 0.355 e. The lowest BCUT2D eigenvalue weighted by Gasteiger charge is -2.37. The summed E-state index contributed by atoms with van der Waals surface area (Å²) in [7, 11) is -3.65. The van der Waals surface area contributed by atoms with Gasteiger partial charge in [-0.1, -0.05) is 30.3 Å². The number of sulfonamides is 1. The van der Waals surface area contributed by atoms with E-state index in [9.17, 15) is 13.2 Å². The average Bonchev–Trinajstić information content (AvgIpc) is 3.04. The van der Waals surface area contributed by atoms with Crippen LogP contribution < -0.4 is 4.90 Å². The summed E-state index contributed by atoms with van der Waals surface area (Å²) in [5.74, 6) is 0.460. The smallest absolute Gasteiger partial charge is 0.285 e. The number of amidine groups is 1. The van der Waals surface area contributed by atoms with Crippen LogP contribution in [-0.4, -0.2) is 44.7 Å². The average molecular weight is 410 g/mol. The molecule has 3 heterocycles. The van der Waals surface area contributed by atoms with Gasteiger partial charge in [0.05, 0.1) is 5.92 Å². The van der Waals surface area contributed by atoms with Gasteiger partial charge in [0.25, 0.3) is 10.0 Å². The number of carbonyl (C=O) groups is 1. The van der Waals surface area contributed by atoms with Crippen molar-refractivity contribution in [1.82, 2.24) is 4.90 Å². The van der Waals surface area contributed by atoms with Crippen molar-refractivity contribution in [3.63, 3.8) is 0 Å². The Morgan fingerprint density at radius 3 is 2.69 bits per heavy atom. The summed E-state index contributed by atoms with van der Waals surface area (Å²) in [6.45, 7) is 1.95. The van der Waals surface area contributed by atoms with E-state index in [1.165, 1.54) is 5.56 Å². The number of anilines is 1. The highest BCUT2D eigenvalue weighted by molar-refractivity contribution is 7.90. The molecule has 7 heteroatoms. The molecule has 3 aliphatic heterocycles. The first-order valence-corrected chi connectivity index (χ1v) is 11.6. The molecule has 0 radical (unpaired) electrons. The van der Waals surface area contributed by atoms with Gasteiger partial charge in [-0.15, -0.1) is 4.40 Å². The van der Waals surface area contributed by atoms with Crippen molar-refractivity contribution >= 4 is 27.5 Å². The Labute approximate surface area is 170 Å². The van der Waals surface area contributed by atoms with Crippen LogP contribution in [0.4, 0.5) is 5.69 Å². The minimum Gasteiger partial charge on any atom is -0.355 e. The van der Waals surface area contributed by atoms with Crippen LogP contribution in [0.1, 0.15) is 30.4 Å². The molecule has 6 nitrogen and oxygen atoms in total. The van der Waals surface area contributed by atoms with Crippen molar-refractivity contribution in [3.05, 3.63) is 59.7 Å². The summed E-state index contributed by atoms with van der Waals surface area (Å²) < 4.78 is 28.9. The Morgan fingerprint density at radius 2 is 1.79 bits per heavy atom. The molecule has 0 aromatic heterocycles. The third-order valence-electron chi connectivity index (χ3n) is 6.06. The van der Waals surface area contributed by atoms with E-state index in [-0.39, 0.29) is 16.7 Å². The van der Waals surface area contributed by atoms with Crippen molar-refractivity contribution in [2.45, 2.75) is 30.6 Å². The molecule has 1 saturated heterocycles. The molecule has 1 fully saturated rings. The second-order valence-electron chi connectivity index (χ2n) is 7.89. The molecule has 0 saturated carbocycles. The van der Waals surface area contributed by atoms with Crippen LogP contribution in [-0.2, 0) is 21.2 Å². The maximum atomic E-state index is 13.4. The van der Waals surface area contributed by atoms with Gasteiger partial charge >= 0.3 is 0 Å². The molecule has 29 heavy (non-hydrogen) atoms. The molecule has 1 atom stereocenters. The summed E-state index contributed by atoms with van der Waals surface area (Å²) >= 11 is 0. The molecular weight excluding hydrogens is 386 g/mol. The van der Waals surface area contributed by atoms with Crippen molar-refractivity contribution < 1.29 is 13.2 Å². The van der Waals surface area contributed by atoms with E-state index in [1.54, 1.807) is 18.2 Å². The molecule has 1 unspecified atom stereocenters. The maximum absolute atomic E-state index is 13.4. The second kappa shape index (κ2) is 6.99. The number of amides is 1. The zero-order chi connectivity index (χ0) is 20.0. The summed E-state index contributed by atoms with van der Waals surface area (Å²) in [6.07, 6.45) is 3.63. The summed E-state index contributed by atoms with van der Waals surface area (Å²) in [5, 5.41) is 0. The van der Waals surface area contributed by atoms with Crippen LogP contribution in [0.25, 0.3) is 0 Å². The van der Waals surface area contributed by atoms with Crippen LogP contribution in [0.15, 0.2) is 57.8 Å². The lowest BCUT2D eigenvalue weighted by atomic mass is 9.93. The van der Waals surface area contributed by atoms with Gasteiger partial charge in [-0.3, -0.25) is 4.79 Å². The van der Waals surface area contributed by atoms with Gasteiger partial charge in [-0.25, -0.2) is 0 Å². The highest BCUT2D eigenvalue weighted by atomic mass is 32.2. The van der Waals surface area contributed by atoms with E-state index >= 15 is 0 Å². The number of hydrogen-bond donors (Lipinski definition) is 0. The quantitative estimate of drug-likeness (QED) is 0.726. The molecular formula is C22H23N3O3S. The van der Waals surface area contributed by atoms with Gasteiger partial charge in [-0.2, -0.15) is 8.42 Å². The fourth-order valence-electron chi connectivity index (χ4n) is 4.67. The van der Waals surface area contributed by atoms with Gasteiger partial charge < -0.3 is 9.80 Å². The summed E-state index contributed by atoms with van der Waals surface area (Å²) in [5.41, 5.74) is 2.89. The van der Waals surface area contributed by atoms with E-state index in [0.717, 1.165) is 37.9 Å². The maximum Gasteiger partial charge on any atom is 0.285 e. The van der Waals surface area contributed by atoms with Gasteiger partial charge in [0.1, 0.15) is 4.90 Å². The monoisotopic (exact) mass is 409 g/mol. The van der Waals surface area contributed by atoms with Gasteiger partial charge in [0.15, 0.2) is 5.84 Å². The number of nitrogens with zero attached hydrogens (tertiary/aromatic N) is 3. The predicted octanol–water partition coefficient (Wildman–Crippen LogP) is 2.83. The Balaban J connectivity index is 1.41. The number of carbonyl (C=O) groups excluding carboxylic acids is 1. The van der Waals surface area contributed by atoms with Crippen LogP contribution in [0.3, 0.4) is 0 Å². The van der Waals surface area contributed by atoms with Crippen LogP contribution in [0, 0.1) is 5.92 Å². The predicted molar refractivity (Wildman–Crippen MR) is 112 cm³/mol. The fourth-order valence-corrected chi connectivity index (χ4v) is 5.90. The van der Waals surface area contributed by atoms with Crippen molar-refractivity contribution in [1.29, 1.82) is 0 Å². The standard InChI is InChI=1S/C22H23N3O3S/c26-22(25-14-6-8-16-7-1-3-11-19(16)25)17-9-5-13-24(15-17)21-18-10-2-4-12-20(18)29(27,28)23-21/h1-4,7,10-12,17H,5-6,8-9,13-15H2. The first-order chi connectivity index (χ1) is 14.0. The first-order valence-electron chi connectivity index (χ1n) is 10.1. The number of hydrogen-bond acceptors (Lipinski definition) is 4. The number of benzene rings is 2. The van der Waals surface area contributed by atoms with Crippen LogP contribution in [0.2, 0.25) is 0 Å².